The van der Waals surface area contributed by atoms with E-state index in [9.17, 15) is 13.2 Å². The summed E-state index contributed by atoms with van der Waals surface area (Å²) in [5.41, 5.74) is 3.17. The number of aryl methyl sites for hydroxylation is 2. The second kappa shape index (κ2) is 6.17. The summed E-state index contributed by atoms with van der Waals surface area (Å²) >= 11 is 0. The number of amides is 1. The molecule has 1 aromatic heterocycles. The summed E-state index contributed by atoms with van der Waals surface area (Å²) in [5, 5.41) is 7.18. The van der Waals surface area contributed by atoms with Gasteiger partial charge in [-0.25, -0.2) is 8.42 Å². The summed E-state index contributed by atoms with van der Waals surface area (Å²) in [5.74, 6) is 0.498. The van der Waals surface area contributed by atoms with Gasteiger partial charge < -0.3 is 5.32 Å². The average Bonchev–Trinajstić information content (AvgIpc) is 2.86. The molecule has 1 fully saturated rings. The minimum Gasteiger partial charge on any atom is -0.356 e. The number of carbonyl (C=O) groups is 1. The number of nitrogens with zero attached hydrogens (tertiary/aromatic N) is 2. The van der Waals surface area contributed by atoms with E-state index in [1.165, 1.54) is 0 Å². The second-order valence-corrected chi connectivity index (χ2v) is 8.07. The number of hydrogen-bond acceptors (Lipinski definition) is 4. The molecule has 0 aromatic carbocycles. The summed E-state index contributed by atoms with van der Waals surface area (Å²) in [4.78, 5) is 11.9. The van der Waals surface area contributed by atoms with Crippen molar-refractivity contribution in [2.45, 2.75) is 33.1 Å². The predicted octanol–water partition coefficient (Wildman–Crippen LogP) is 0.520. The number of nitrogens with one attached hydrogen (secondary N) is 1. The Morgan fingerprint density at radius 1 is 1.43 bits per heavy atom. The fourth-order valence-corrected chi connectivity index (χ4v) is 4.66. The zero-order valence-corrected chi connectivity index (χ0v) is 13.7. The molecule has 1 saturated heterocycles. The molecule has 6 nitrogen and oxygen atoms in total. The first kappa shape index (κ1) is 16.0. The molecular weight excluding hydrogens is 290 g/mol. The first-order valence-electron chi connectivity index (χ1n) is 7.24. The topological polar surface area (TPSA) is 81.1 Å². The monoisotopic (exact) mass is 313 g/mol. The summed E-state index contributed by atoms with van der Waals surface area (Å²) in [6, 6.07) is 0. The van der Waals surface area contributed by atoms with Crippen LogP contribution in [0.4, 0.5) is 0 Å². The third-order valence-corrected chi connectivity index (χ3v) is 6.01. The van der Waals surface area contributed by atoms with Crippen LogP contribution in [-0.4, -0.2) is 42.2 Å². The minimum atomic E-state index is -2.87. The minimum absolute atomic E-state index is 0.0260. The molecular formula is C14H23N3O3S. The van der Waals surface area contributed by atoms with Gasteiger partial charge in [-0.1, -0.05) is 0 Å². The van der Waals surface area contributed by atoms with Crippen LogP contribution in [0.2, 0.25) is 0 Å². The van der Waals surface area contributed by atoms with Gasteiger partial charge in [0, 0.05) is 25.7 Å². The van der Waals surface area contributed by atoms with E-state index in [4.69, 9.17) is 0 Å². The SMILES string of the molecule is Cc1nn(C)c(C)c1CCC(=O)NC[C@@H]1CCS(=O)(=O)C1. The van der Waals surface area contributed by atoms with E-state index in [-0.39, 0.29) is 23.3 Å². The lowest BCUT2D eigenvalue weighted by molar-refractivity contribution is -0.121. The van der Waals surface area contributed by atoms with Gasteiger partial charge in [-0.3, -0.25) is 9.48 Å². The Balaban J connectivity index is 1.78. The van der Waals surface area contributed by atoms with Gasteiger partial charge in [0.05, 0.1) is 17.2 Å². The van der Waals surface area contributed by atoms with Gasteiger partial charge in [-0.15, -0.1) is 0 Å². The van der Waals surface area contributed by atoms with Crippen molar-refractivity contribution < 1.29 is 13.2 Å². The van der Waals surface area contributed by atoms with E-state index in [0.29, 0.717) is 25.8 Å². The number of sulfone groups is 1. The third kappa shape index (κ3) is 4.06. The third-order valence-electron chi connectivity index (χ3n) is 4.18. The number of hydrogen-bond donors (Lipinski definition) is 1. The lowest BCUT2D eigenvalue weighted by Crippen LogP contribution is -2.30. The first-order valence-corrected chi connectivity index (χ1v) is 9.07. The van der Waals surface area contributed by atoms with Crippen LogP contribution in [0.3, 0.4) is 0 Å². The lowest BCUT2D eigenvalue weighted by atomic mass is 10.1. The molecule has 0 saturated carbocycles. The van der Waals surface area contributed by atoms with Gasteiger partial charge in [0.25, 0.3) is 0 Å². The summed E-state index contributed by atoms with van der Waals surface area (Å²) in [6.07, 6.45) is 1.73. The van der Waals surface area contributed by atoms with Gasteiger partial charge >= 0.3 is 0 Å². The van der Waals surface area contributed by atoms with Crippen LogP contribution >= 0.6 is 0 Å². The molecule has 2 heterocycles. The van der Waals surface area contributed by atoms with Crippen molar-refractivity contribution in [1.29, 1.82) is 0 Å². The fourth-order valence-electron chi connectivity index (χ4n) is 2.80. The predicted molar refractivity (Wildman–Crippen MR) is 80.8 cm³/mol. The first-order chi connectivity index (χ1) is 9.78. The highest BCUT2D eigenvalue weighted by molar-refractivity contribution is 7.91. The molecule has 0 radical (unpaired) electrons. The van der Waals surface area contributed by atoms with Crippen molar-refractivity contribution in [2.75, 3.05) is 18.1 Å². The van der Waals surface area contributed by atoms with Crippen LogP contribution in [0.25, 0.3) is 0 Å². The Hall–Kier alpha value is -1.37. The van der Waals surface area contributed by atoms with E-state index in [1.807, 2.05) is 25.6 Å². The summed E-state index contributed by atoms with van der Waals surface area (Å²) < 4.78 is 24.5. The molecule has 1 amide bonds. The molecule has 1 aromatic rings. The van der Waals surface area contributed by atoms with Crippen molar-refractivity contribution in [3.63, 3.8) is 0 Å². The molecule has 1 aliphatic heterocycles. The quantitative estimate of drug-likeness (QED) is 0.859. The molecule has 118 valence electrons. The van der Waals surface area contributed by atoms with Crippen molar-refractivity contribution in [3.8, 4) is 0 Å². The largest absolute Gasteiger partial charge is 0.356 e. The van der Waals surface area contributed by atoms with Crippen molar-refractivity contribution in [2.24, 2.45) is 13.0 Å². The average molecular weight is 313 g/mol. The maximum atomic E-state index is 11.9. The fraction of sp³-hybridized carbons (Fsp3) is 0.714. The zero-order valence-electron chi connectivity index (χ0n) is 12.8. The van der Waals surface area contributed by atoms with Crippen molar-refractivity contribution >= 4 is 15.7 Å². The van der Waals surface area contributed by atoms with Crippen LogP contribution in [0, 0.1) is 19.8 Å². The lowest BCUT2D eigenvalue weighted by Gasteiger charge is -2.09. The summed E-state index contributed by atoms with van der Waals surface area (Å²) in [7, 11) is -0.974. The van der Waals surface area contributed by atoms with E-state index in [0.717, 1.165) is 17.0 Å². The Morgan fingerprint density at radius 3 is 2.67 bits per heavy atom. The van der Waals surface area contributed by atoms with E-state index in [1.54, 1.807) is 0 Å². The molecule has 1 aliphatic rings. The molecule has 21 heavy (non-hydrogen) atoms. The standard InChI is InChI=1S/C14H23N3O3S/c1-10-13(11(2)17(3)16-10)4-5-14(18)15-8-12-6-7-21(19,20)9-12/h12H,4-9H2,1-3H3,(H,15,18)/t12-/m0/s1. The van der Waals surface area contributed by atoms with Crippen molar-refractivity contribution in [1.82, 2.24) is 15.1 Å². The highest BCUT2D eigenvalue weighted by Crippen LogP contribution is 2.17. The van der Waals surface area contributed by atoms with E-state index < -0.39 is 9.84 Å². The van der Waals surface area contributed by atoms with Crippen LogP contribution in [-0.2, 0) is 28.1 Å². The molecule has 7 heteroatoms. The molecule has 1 N–H and O–H groups in total. The Kier molecular flexibility index (Phi) is 4.70. The molecule has 0 unspecified atom stereocenters. The maximum Gasteiger partial charge on any atom is 0.220 e. The molecule has 0 aliphatic carbocycles. The number of aromatic nitrogens is 2. The Morgan fingerprint density at radius 2 is 2.14 bits per heavy atom. The number of carbonyl (C=O) groups excluding carboxylic acids is 1. The van der Waals surface area contributed by atoms with Crippen LogP contribution in [0.1, 0.15) is 29.8 Å². The molecule has 2 rings (SSSR count). The van der Waals surface area contributed by atoms with Crippen LogP contribution in [0.15, 0.2) is 0 Å². The van der Waals surface area contributed by atoms with Gasteiger partial charge in [-0.2, -0.15) is 5.10 Å². The van der Waals surface area contributed by atoms with E-state index >= 15 is 0 Å². The highest BCUT2D eigenvalue weighted by atomic mass is 32.2. The van der Waals surface area contributed by atoms with Crippen LogP contribution < -0.4 is 5.32 Å². The second-order valence-electron chi connectivity index (χ2n) is 5.85. The van der Waals surface area contributed by atoms with Gasteiger partial charge in [0.1, 0.15) is 0 Å². The van der Waals surface area contributed by atoms with Crippen molar-refractivity contribution in [3.05, 3.63) is 17.0 Å². The van der Waals surface area contributed by atoms with Crippen LogP contribution in [0.5, 0.6) is 0 Å². The van der Waals surface area contributed by atoms with Gasteiger partial charge in [0.2, 0.25) is 5.91 Å². The highest BCUT2D eigenvalue weighted by Gasteiger charge is 2.27. The smallest absolute Gasteiger partial charge is 0.220 e. The Bertz CT molecular complexity index is 634. The van der Waals surface area contributed by atoms with Gasteiger partial charge in [-0.05, 0) is 38.2 Å². The normalized spacial score (nSPS) is 20.6. The molecule has 0 bridgehead atoms. The molecule has 0 spiro atoms. The zero-order chi connectivity index (χ0) is 15.6. The van der Waals surface area contributed by atoms with E-state index in [2.05, 4.69) is 10.4 Å². The summed E-state index contributed by atoms with van der Waals surface area (Å²) in [6.45, 7) is 4.41. The Labute approximate surface area is 125 Å². The van der Waals surface area contributed by atoms with Gasteiger partial charge in [0.15, 0.2) is 9.84 Å². The number of rotatable bonds is 5. The molecule has 1 atom stereocenters. The maximum absolute atomic E-state index is 11.9.